The molecule has 18 heavy (non-hydrogen) atoms. The molecule has 0 aliphatic carbocycles. The van der Waals surface area contributed by atoms with Crippen LogP contribution >= 0.6 is 0 Å². The van der Waals surface area contributed by atoms with Gasteiger partial charge in [-0.05, 0) is 36.4 Å². The third-order valence-corrected chi connectivity index (χ3v) is 2.17. The number of carbonyl (C=O) groups is 1. The first kappa shape index (κ1) is 11.6. The maximum atomic E-state index is 10.6. The van der Waals surface area contributed by atoms with Gasteiger partial charge in [-0.25, -0.2) is 9.78 Å². The fourth-order valence-corrected chi connectivity index (χ4v) is 1.30. The molecule has 0 saturated carbocycles. The van der Waals surface area contributed by atoms with Gasteiger partial charge in [-0.2, -0.15) is 5.26 Å². The van der Waals surface area contributed by atoms with Gasteiger partial charge in [0.15, 0.2) is 0 Å². The highest BCUT2D eigenvalue weighted by molar-refractivity contribution is 5.85. The van der Waals surface area contributed by atoms with E-state index in [2.05, 4.69) is 4.98 Å². The van der Waals surface area contributed by atoms with Crippen molar-refractivity contribution < 1.29 is 14.6 Å². The quantitative estimate of drug-likeness (QED) is 0.890. The summed E-state index contributed by atoms with van der Waals surface area (Å²) < 4.78 is 5.45. The molecule has 1 aromatic heterocycles. The Morgan fingerprint density at radius 3 is 2.33 bits per heavy atom. The molecule has 5 nitrogen and oxygen atoms in total. The van der Waals surface area contributed by atoms with E-state index in [4.69, 9.17) is 15.1 Å². The van der Waals surface area contributed by atoms with E-state index in [1.807, 2.05) is 6.07 Å². The Morgan fingerprint density at radius 2 is 1.83 bits per heavy atom. The summed E-state index contributed by atoms with van der Waals surface area (Å²) in [5.74, 6) is -0.0940. The predicted octanol–water partition coefficient (Wildman–Crippen LogP) is 2.44. The number of rotatable bonds is 3. The minimum absolute atomic E-state index is 0.0396. The van der Waals surface area contributed by atoms with E-state index in [9.17, 15) is 4.79 Å². The lowest BCUT2D eigenvalue weighted by molar-refractivity contribution is 0.0690. The van der Waals surface area contributed by atoms with E-state index in [-0.39, 0.29) is 5.69 Å². The van der Waals surface area contributed by atoms with Crippen molar-refractivity contribution in [3.05, 3.63) is 53.9 Å². The van der Waals surface area contributed by atoms with Crippen LogP contribution in [0.3, 0.4) is 0 Å². The Morgan fingerprint density at radius 1 is 1.17 bits per heavy atom. The zero-order valence-corrected chi connectivity index (χ0v) is 9.20. The Balaban J connectivity index is 2.13. The normalized spacial score (nSPS) is 9.50. The van der Waals surface area contributed by atoms with E-state index in [0.29, 0.717) is 17.1 Å². The van der Waals surface area contributed by atoms with Gasteiger partial charge in [-0.3, -0.25) is 0 Å². The van der Waals surface area contributed by atoms with Crippen LogP contribution in [-0.4, -0.2) is 16.1 Å². The van der Waals surface area contributed by atoms with E-state index in [1.54, 1.807) is 24.3 Å². The second-order valence-corrected chi connectivity index (χ2v) is 3.42. The summed E-state index contributed by atoms with van der Waals surface area (Å²) in [5, 5.41) is 17.3. The summed E-state index contributed by atoms with van der Waals surface area (Å²) in [6.07, 6.45) is 1.33. The van der Waals surface area contributed by atoms with Gasteiger partial charge < -0.3 is 9.84 Å². The highest BCUT2D eigenvalue weighted by Crippen LogP contribution is 2.20. The highest BCUT2D eigenvalue weighted by atomic mass is 16.5. The van der Waals surface area contributed by atoms with Crippen LogP contribution in [0, 0.1) is 11.3 Å². The van der Waals surface area contributed by atoms with Crippen LogP contribution in [0.5, 0.6) is 11.5 Å². The lowest BCUT2D eigenvalue weighted by atomic mass is 10.2. The van der Waals surface area contributed by atoms with Gasteiger partial charge >= 0.3 is 5.97 Å². The molecule has 0 spiro atoms. The van der Waals surface area contributed by atoms with Crippen LogP contribution < -0.4 is 4.74 Å². The van der Waals surface area contributed by atoms with Crippen LogP contribution in [0.15, 0.2) is 42.6 Å². The zero-order valence-electron chi connectivity index (χ0n) is 9.20. The topological polar surface area (TPSA) is 83.2 Å². The van der Waals surface area contributed by atoms with Gasteiger partial charge in [-0.1, -0.05) is 0 Å². The molecule has 1 N–H and O–H groups in total. The number of pyridine rings is 1. The van der Waals surface area contributed by atoms with Crippen LogP contribution in [0.2, 0.25) is 0 Å². The molecule has 0 radical (unpaired) electrons. The van der Waals surface area contributed by atoms with Crippen molar-refractivity contribution in [2.45, 2.75) is 0 Å². The lowest BCUT2D eigenvalue weighted by Crippen LogP contribution is -1.99. The molecular weight excluding hydrogens is 232 g/mol. The largest absolute Gasteiger partial charge is 0.477 e. The van der Waals surface area contributed by atoms with Crippen LogP contribution in [-0.2, 0) is 0 Å². The molecule has 88 valence electrons. The Labute approximate surface area is 103 Å². The van der Waals surface area contributed by atoms with E-state index < -0.39 is 5.97 Å². The van der Waals surface area contributed by atoms with Gasteiger partial charge in [0.05, 0.1) is 17.8 Å². The van der Waals surface area contributed by atoms with E-state index >= 15 is 0 Å². The SMILES string of the molecule is N#Cc1ccc(Oc2ccc(C(=O)O)nc2)cc1. The molecule has 0 bridgehead atoms. The number of carboxylic acids is 1. The Kier molecular flexibility index (Phi) is 3.21. The Bertz CT molecular complexity index is 598. The van der Waals surface area contributed by atoms with Crippen molar-refractivity contribution in [2.24, 2.45) is 0 Å². The summed E-state index contributed by atoms with van der Waals surface area (Å²) in [7, 11) is 0. The first-order valence-corrected chi connectivity index (χ1v) is 5.06. The molecule has 0 atom stereocenters. The van der Waals surface area contributed by atoms with Gasteiger partial charge in [0.25, 0.3) is 0 Å². The molecule has 2 aromatic rings. The molecule has 0 saturated heterocycles. The van der Waals surface area contributed by atoms with Gasteiger partial charge in [0.2, 0.25) is 0 Å². The van der Waals surface area contributed by atoms with Crippen molar-refractivity contribution in [1.82, 2.24) is 4.98 Å². The molecule has 1 aromatic carbocycles. The number of benzene rings is 1. The number of aromatic nitrogens is 1. The van der Waals surface area contributed by atoms with Gasteiger partial charge in [-0.15, -0.1) is 0 Å². The number of nitriles is 1. The monoisotopic (exact) mass is 240 g/mol. The molecular formula is C13H8N2O3. The summed E-state index contributed by atoms with van der Waals surface area (Å²) in [5.41, 5.74) is 0.504. The number of aromatic carboxylic acids is 1. The third kappa shape index (κ3) is 2.62. The van der Waals surface area contributed by atoms with E-state index in [1.165, 1.54) is 18.3 Å². The third-order valence-electron chi connectivity index (χ3n) is 2.17. The summed E-state index contributed by atoms with van der Waals surface area (Å²) >= 11 is 0. The summed E-state index contributed by atoms with van der Waals surface area (Å²) in [4.78, 5) is 14.3. The molecule has 0 aliphatic rings. The van der Waals surface area contributed by atoms with Crippen LogP contribution in [0.4, 0.5) is 0 Å². The first-order valence-electron chi connectivity index (χ1n) is 5.06. The molecule has 0 amide bonds. The smallest absolute Gasteiger partial charge is 0.354 e. The average Bonchev–Trinajstić information content (AvgIpc) is 2.40. The second kappa shape index (κ2) is 4.97. The second-order valence-electron chi connectivity index (χ2n) is 3.42. The maximum Gasteiger partial charge on any atom is 0.354 e. The minimum Gasteiger partial charge on any atom is -0.477 e. The molecule has 0 unspecified atom stereocenters. The number of carboxylic acid groups (broad SMARTS) is 1. The average molecular weight is 240 g/mol. The van der Waals surface area contributed by atoms with Gasteiger partial charge in [0.1, 0.15) is 17.2 Å². The number of hydrogen-bond donors (Lipinski definition) is 1. The molecule has 1 heterocycles. The number of ether oxygens (including phenoxy) is 1. The van der Waals surface area contributed by atoms with Crippen LogP contribution in [0.1, 0.15) is 16.1 Å². The van der Waals surface area contributed by atoms with Crippen molar-refractivity contribution >= 4 is 5.97 Å². The molecule has 5 heteroatoms. The molecule has 0 aliphatic heterocycles. The summed E-state index contributed by atoms with van der Waals surface area (Å²) in [6.45, 7) is 0. The minimum atomic E-state index is -1.08. The first-order chi connectivity index (χ1) is 8.69. The van der Waals surface area contributed by atoms with Gasteiger partial charge in [0, 0.05) is 0 Å². The lowest BCUT2D eigenvalue weighted by Gasteiger charge is -2.05. The number of nitrogens with zero attached hydrogens (tertiary/aromatic N) is 2. The Hall–Kier alpha value is -2.87. The molecule has 2 rings (SSSR count). The van der Waals surface area contributed by atoms with Crippen LogP contribution in [0.25, 0.3) is 0 Å². The predicted molar refractivity (Wildman–Crippen MR) is 62.4 cm³/mol. The van der Waals surface area contributed by atoms with Crippen molar-refractivity contribution in [3.8, 4) is 17.6 Å². The summed E-state index contributed by atoms with van der Waals surface area (Å²) in [6, 6.07) is 11.5. The van der Waals surface area contributed by atoms with Crippen molar-refractivity contribution in [3.63, 3.8) is 0 Å². The maximum absolute atomic E-state index is 10.6. The highest BCUT2D eigenvalue weighted by Gasteiger charge is 2.04. The fourth-order valence-electron chi connectivity index (χ4n) is 1.30. The standard InChI is InChI=1S/C13H8N2O3/c14-7-9-1-3-10(4-2-9)18-11-5-6-12(13(16)17)15-8-11/h1-6,8H,(H,16,17). The molecule has 0 fully saturated rings. The number of hydrogen-bond acceptors (Lipinski definition) is 4. The zero-order chi connectivity index (χ0) is 13.0. The van der Waals surface area contributed by atoms with Crippen molar-refractivity contribution in [2.75, 3.05) is 0 Å². The van der Waals surface area contributed by atoms with E-state index in [0.717, 1.165) is 0 Å². The fraction of sp³-hybridized carbons (Fsp3) is 0. The van der Waals surface area contributed by atoms with Crippen molar-refractivity contribution in [1.29, 1.82) is 5.26 Å².